The number of aromatic nitrogens is 6. The average molecular weight is 848 g/mol. The number of aliphatic hydroxyl groups excluding tert-OH is 2. The molecule has 304 valence electrons. The third-order valence-corrected chi connectivity index (χ3v) is 9.10. The lowest BCUT2D eigenvalue weighted by molar-refractivity contribution is 0.281. The van der Waals surface area contributed by atoms with E-state index in [-0.39, 0.29) is 41.0 Å². The van der Waals surface area contributed by atoms with E-state index >= 15 is 0 Å². The van der Waals surface area contributed by atoms with Crippen LogP contribution in [0.2, 0.25) is 15.3 Å². The molecule has 0 unspecified atom stereocenters. The molecule has 0 spiro atoms. The predicted molar refractivity (Wildman–Crippen MR) is 229 cm³/mol. The molecule has 0 aliphatic heterocycles. The second-order valence-electron chi connectivity index (χ2n) is 13.8. The number of rotatable bonds is 12. The van der Waals surface area contributed by atoms with Crippen molar-refractivity contribution in [1.82, 2.24) is 29.9 Å². The van der Waals surface area contributed by atoms with Crippen LogP contribution in [0, 0.1) is 11.8 Å². The third kappa shape index (κ3) is 13.7. The van der Waals surface area contributed by atoms with Crippen molar-refractivity contribution >= 4 is 47.4 Å². The van der Waals surface area contributed by atoms with Crippen LogP contribution in [0.25, 0.3) is 34.2 Å². The summed E-state index contributed by atoms with van der Waals surface area (Å²) in [7, 11) is 1.42. The molecule has 6 aromatic rings. The lowest BCUT2D eigenvalue weighted by Crippen LogP contribution is -2.31. The maximum Gasteiger partial charge on any atom is 0.489 e. The Kier molecular flexibility index (Phi) is 17.8. The number of benzene rings is 4. The SMILES string of the molecule is COc1nc(-c2ccc(CC(C)C)cc2)nc(-c2cc(CO)ccc2Cl)n1.COc1nc(Cl)nc(-c2ccc(CC(C)C)cc2)n1.OCc1ccc(Cl)c(B(O)O)c1. The second-order valence-corrected chi connectivity index (χ2v) is 15.0. The molecule has 0 saturated heterocycles. The monoisotopic (exact) mass is 846 g/mol. The smallest absolute Gasteiger partial charge is 0.467 e. The van der Waals surface area contributed by atoms with Crippen molar-refractivity contribution in [3.63, 3.8) is 0 Å². The molecule has 2 aromatic heterocycles. The number of nitrogens with zero attached hydrogens (tertiary/aromatic N) is 6. The lowest BCUT2D eigenvalue weighted by atomic mass is 9.79. The molecule has 0 radical (unpaired) electrons. The van der Waals surface area contributed by atoms with E-state index in [1.807, 2.05) is 24.3 Å². The van der Waals surface area contributed by atoms with Crippen LogP contribution in [0.1, 0.15) is 49.9 Å². The standard InChI is InChI=1S/C21H22ClN3O2.C14H16ClN3O.C7H8BClO3/c1-13(2)10-14-4-7-16(8-5-14)19-23-20(25-21(24-19)27-3)17-11-15(12-26)6-9-18(17)22;1-9(2)8-10-4-6-11(7-5-10)12-16-13(15)18-14(17-12)19-3;9-7-2-1-5(4-10)3-6(7)8(11)12/h4-9,11,13,26H,10,12H2,1-3H3;4-7,9H,8H2,1-3H3;1-3,10-12H,4H2. The topological polar surface area (TPSA) is 177 Å². The number of hydrogen-bond acceptors (Lipinski definition) is 12. The van der Waals surface area contributed by atoms with Crippen LogP contribution in [-0.2, 0) is 26.1 Å². The van der Waals surface area contributed by atoms with Gasteiger partial charge in [-0.3, -0.25) is 0 Å². The largest absolute Gasteiger partial charge is 0.489 e. The average Bonchev–Trinajstić information content (AvgIpc) is 3.21. The first kappa shape index (κ1) is 46.0. The minimum absolute atomic E-state index is 0.0867. The molecule has 4 aromatic carbocycles. The molecule has 0 saturated carbocycles. The quantitative estimate of drug-likeness (QED) is 0.0896. The maximum absolute atomic E-state index is 9.40. The molecule has 16 heteroatoms. The Bertz CT molecular complexity index is 2230. The number of halogens is 3. The Hall–Kier alpha value is -4.73. The summed E-state index contributed by atoms with van der Waals surface area (Å²) in [5.41, 5.74) is 6.51. The fourth-order valence-corrected chi connectivity index (χ4v) is 6.07. The van der Waals surface area contributed by atoms with E-state index in [0.717, 1.165) is 29.5 Å². The molecule has 0 fully saturated rings. The molecule has 0 atom stereocenters. The Balaban J connectivity index is 0.000000209. The number of hydrogen-bond donors (Lipinski definition) is 4. The number of aliphatic hydroxyl groups is 2. The van der Waals surface area contributed by atoms with Crippen molar-refractivity contribution in [3.05, 3.63) is 123 Å². The highest BCUT2D eigenvalue weighted by Gasteiger charge is 2.16. The van der Waals surface area contributed by atoms with Crippen LogP contribution in [0.5, 0.6) is 12.0 Å². The van der Waals surface area contributed by atoms with Gasteiger partial charge in [0.25, 0.3) is 0 Å². The molecular formula is C42H46BCl3N6O6. The molecule has 12 nitrogen and oxygen atoms in total. The lowest BCUT2D eigenvalue weighted by Gasteiger charge is -2.10. The maximum atomic E-state index is 9.40. The van der Waals surface area contributed by atoms with Gasteiger partial charge in [0.05, 0.1) is 32.5 Å². The van der Waals surface area contributed by atoms with Crippen molar-refractivity contribution in [3.8, 4) is 46.2 Å². The van der Waals surface area contributed by atoms with E-state index in [9.17, 15) is 5.11 Å². The molecule has 0 aliphatic carbocycles. The van der Waals surface area contributed by atoms with Crippen molar-refractivity contribution < 1.29 is 29.7 Å². The summed E-state index contributed by atoms with van der Waals surface area (Å²) in [6.45, 7) is 8.56. The zero-order chi connectivity index (χ0) is 42.4. The summed E-state index contributed by atoms with van der Waals surface area (Å²) in [5, 5.41) is 36.7. The van der Waals surface area contributed by atoms with Crippen molar-refractivity contribution in [2.45, 2.75) is 53.8 Å². The van der Waals surface area contributed by atoms with Gasteiger partial charge in [0.1, 0.15) is 0 Å². The third-order valence-electron chi connectivity index (χ3n) is 8.26. The van der Waals surface area contributed by atoms with Crippen LogP contribution in [-0.4, -0.2) is 71.5 Å². The van der Waals surface area contributed by atoms with Gasteiger partial charge in [0.2, 0.25) is 5.28 Å². The van der Waals surface area contributed by atoms with Crippen LogP contribution in [0.3, 0.4) is 0 Å². The van der Waals surface area contributed by atoms with Gasteiger partial charge in [-0.2, -0.15) is 24.9 Å². The normalized spacial score (nSPS) is 10.7. The summed E-state index contributed by atoms with van der Waals surface area (Å²) >= 11 is 17.8. The first-order chi connectivity index (χ1) is 27.7. The van der Waals surface area contributed by atoms with Gasteiger partial charge >= 0.3 is 19.1 Å². The molecular weight excluding hydrogens is 802 g/mol. The van der Waals surface area contributed by atoms with Gasteiger partial charge in [0, 0.05) is 27.2 Å². The van der Waals surface area contributed by atoms with E-state index in [2.05, 4.69) is 81.9 Å². The minimum atomic E-state index is -1.59. The highest BCUT2D eigenvalue weighted by molar-refractivity contribution is 6.62. The van der Waals surface area contributed by atoms with Gasteiger partial charge in [0.15, 0.2) is 17.5 Å². The zero-order valence-corrected chi connectivity index (χ0v) is 35.3. The summed E-state index contributed by atoms with van der Waals surface area (Å²) in [6.07, 6.45) is 2.08. The molecule has 4 N–H and O–H groups in total. The zero-order valence-electron chi connectivity index (χ0n) is 33.1. The van der Waals surface area contributed by atoms with E-state index in [0.29, 0.717) is 45.5 Å². The molecule has 58 heavy (non-hydrogen) atoms. The first-order valence-electron chi connectivity index (χ1n) is 18.3. The Morgan fingerprint density at radius 3 is 1.43 bits per heavy atom. The molecule has 0 bridgehead atoms. The number of ether oxygens (including phenoxy) is 2. The Morgan fingerprint density at radius 1 is 0.534 bits per heavy atom. The fourth-order valence-electron chi connectivity index (χ4n) is 5.50. The Labute approximate surface area is 354 Å². The molecule has 0 amide bonds. The van der Waals surface area contributed by atoms with Crippen molar-refractivity contribution in [2.24, 2.45) is 11.8 Å². The molecule has 2 heterocycles. The summed E-state index contributed by atoms with van der Waals surface area (Å²) in [5.74, 6) is 2.67. The van der Waals surface area contributed by atoms with Crippen LogP contribution in [0.4, 0.5) is 0 Å². The van der Waals surface area contributed by atoms with E-state index in [4.69, 9.17) is 59.4 Å². The Morgan fingerprint density at radius 2 is 0.966 bits per heavy atom. The molecule has 6 rings (SSSR count). The van der Waals surface area contributed by atoms with Crippen molar-refractivity contribution in [1.29, 1.82) is 0 Å². The summed E-state index contributed by atoms with van der Waals surface area (Å²) < 4.78 is 10.2. The van der Waals surface area contributed by atoms with Gasteiger partial charge in [-0.15, -0.1) is 0 Å². The minimum Gasteiger partial charge on any atom is -0.467 e. The van der Waals surface area contributed by atoms with Crippen LogP contribution in [0.15, 0.2) is 84.9 Å². The van der Waals surface area contributed by atoms with Crippen molar-refractivity contribution in [2.75, 3.05) is 14.2 Å². The molecule has 0 aliphatic rings. The van der Waals surface area contributed by atoms with Gasteiger partial charge in [-0.05, 0) is 76.7 Å². The summed E-state index contributed by atoms with van der Waals surface area (Å²) in [6, 6.07) is 26.6. The van der Waals surface area contributed by atoms with Crippen LogP contribution >= 0.6 is 34.8 Å². The number of methoxy groups -OCH3 is 2. The fraction of sp³-hybridized carbons (Fsp3) is 0.286. The van der Waals surface area contributed by atoms with Gasteiger partial charge < -0.3 is 29.7 Å². The second kappa shape index (κ2) is 22.4. The first-order valence-corrected chi connectivity index (χ1v) is 19.5. The van der Waals surface area contributed by atoms with Gasteiger partial charge in [-0.1, -0.05) is 118 Å². The van der Waals surface area contributed by atoms with E-state index in [1.54, 1.807) is 24.3 Å². The predicted octanol–water partition coefficient (Wildman–Crippen LogP) is 7.47. The van der Waals surface area contributed by atoms with E-state index in [1.165, 1.54) is 37.5 Å². The highest BCUT2D eigenvalue weighted by Crippen LogP contribution is 2.29. The summed E-state index contributed by atoms with van der Waals surface area (Å²) in [4.78, 5) is 25.4. The van der Waals surface area contributed by atoms with Gasteiger partial charge in [-0.25, -0.2) is 4.98 Å². The van der Waals surface area contributed by atoms with E-state index < -0.39 is 7.12 Å². The van der Waals surface area contributed by atoms with Crippen LogP contribution < -0.4 is 14.9 Å². The highest BCUT2D eigenvalue weighted by atomic mass is 35.5.